The monoisotopic (exact) mass is 196 g/mol. The van der Waals surface area contributed by atoms with Gasteiger partial charge in [0.1, 0.15) is 5.69 Å². The number of nitrogens with zero attached hydrogens (tertiary/aromatic N) is 2. The van der Waals surface area contributed by atoms with Crippen molar-refractivity contribution in [3.63, 3.8) is 0 Å². The van der Waals surface area contributed by atoms with Crippen LogP contribution in [0.1, 0.15) is 12.5 Å². The van der Waals surface area contributed by atoms with Crippen LogP contribution in [0.3, 0.4) is 0 Å². The maximum Gasteiger partial charge on any atom is 0.297 e. The Kier molecular flexibility index (Phi) is 3.03. The molecule has 0 atom stereocenters. The molecule has 1 aromatic rings. The minimum Gasteiger partial charge on any atom is -0.288 e. The van der Waals surface area contributed by atoms with Gasteiger partial charge in [-0.05, 0) is 19.9 Å². The highest BCUT2D eigenvalue weighted by atomic mass is 16.6. The summed E-state index contributed by atoms with van der Waals surface area (Å²) < 4.78 is 0. The molecule has 1 N–H and O–H groups in total. The quantitative estimate of drug-likeness (QED) is 0.594. The third-order valence-corrected chi connectivity index (χ3v) is 1.98. The first kappa shape index (κ1) is 10.5. The first-order valence-electron chi connectivity index (χ1n) is 4.28. The van der Waals surface area contributed by atoms with Crippen LogP contribution in [0.25, 0.3) is 0 Å². The van der Waals surface area contributed by atoms with Gasteiger partial charge in [-0.1, -0.05) is 12.1 Å². The Hall–Kier alpha value is -1.62. The number of aryl methyl sites for hydroxylation is 1. The molecule has 0 heterocycles. The van der Waals surface area contributed by atoms with Crippen LogP contribution in [0.2, 0.25) is 0 Å². The van der Waals surface area contributed by atoms with Gasteiger partial charge in [0.15, 0.2) is 0 Å². The van der Waals surface area contributed by atoms with Crippen LogP contribution in [-0.4, -0.2) is 16.7 Å². The van der Waals surface area contributed by atoms with Crippen LogP contribution in [0, 0.1) is 17.0 Å². The third-order valence-electron chi connectivity index (χ3n) is 1.98. The average molecular weight is 196 g/mol. The lowest BCUT2D eigenvalue weighted by molar-refractivity contribution is -0.384. The fourth-order valence-corrected chi connectivity index (χ4v) is 1.26. The third kappa shape index (κ3) is 1.82. The predicted molar refractivity (Wildman–Crippen MR) is 52.6 cm³/mol. The normalized spacial score (nSPS) is 9.93. The first-order chi connectivity index (χ1) is 6.57. The summed E-state index contributed by atoms with van der Waals surface area (Å²) in [4.78, 5) is 10.2. The van der Waals surface area contributed by atoms with Crippen LogP contribution in [-0.2, 0) is 0 Å². The zero-order valence-electron chi connectivity index (χ0n) is 8.10. The Balaban J connectivity index is 3.28. The van der Waals surface area contributed by atoms with Crippen molar-refractivity contribution in [1.82, 2.24) is 0 Å². The number of hydrogen-bond acceptors (Lipinski definition) is 4. The van der Waals surface area contributed by atoms with Crippen molar-refractivity contribution < 1.29 is 10.1 Å². The fraction of sp³-hybridized carbons (Fsp3) is 0.333. The summed E-state index contributed by atoms with van der Waals surface area (Å²) in [5.74, 6) is 0. The van der Waals surface area contributed by atoms with E-state index in [0.29, 0.717) is 12.1 Å². The Morgan fingerprint density at radius 2 is 2.21 bits per heavy atom. The molecule has 1 aromatic carbocycles. The van der Waals surface area contributed by atoms with Crippen LogP contribution in [0.4, 0.5) is 11.4 Å². The average Bonchev–Trinajstić information content (AvgIpc) is 2.15. The zero-order chi connectivity index (χ0) is 10.7. The summed E-state index contributed by atoms with van der Waals surface area (Å²) in [5, 5.41) is 21.0. The lowest BCUT2D eigenvalue weighted by Crippen LogP contribution is -2.18. The molecule has 0 saturated carbocycles. The highest BCUT2D eigenvalue weighted by molar-refractivity contribution is 5.65. The smallest absolute Gasteiger partial charge is 0.288 e. The highest BCUT2D eigenvalue weighted by Gasteiger charge is 2.19. The minimum atomic E-state index is -0.483. The van der Waals surface area contributed by atoms with Crippen LogP contribution < -0.4 is 5.06 Å². The van der Waals surface area contributed by atoms with E-state index in [-0.39, 0.29) is 11.4 Å². The molecule has 0 aliphatic heterocycles. The molecule has 0 aromatic heterocycles. The van der Waals surface area contributed by atoms with Gasteiger partial charge in [0.05, 0.1) is 4.92 Å². The largest absolute Gasteiger partial charge is 0.297 e. The summed E-state index contributed by atoms with van der Waals surface area (Å²) >= 11 is 0. The number of hydrogen-bond donors (Lipinski definition) is 1. The number of benzene rings is 1. The van der Waals surface area contributed by atoms with E-state index in [1.807, 2.05) is 0 Å². The van der Waals surface area contributed by atoms with E-state index in [2.05, 4.69) is 0 Å². The predicted octanol–water partition coefficient (Wildman–Crippen LogP) is 2.12. The SMILES string of the molecule is CCN(O)c1cccc(C)c1[N+](=O)[O-]. The van der Waals surface area contributed by atoms with Crippen LogP contribution in [0.15, 0.2) is 18.2 Å². The fourth-order valence-electron chi connectivity index (χ4n) is 1.26. The molecular formula is C9H12N2O3. The van der Waals surface area contributed by atoms with Crippen molar-refractivity contribution >= 4 is 11.4 Å². The topological polar surface area (TPSA) is 66.6 Å². The van der Waals surface area contributed by atoms with Gasteiger partial charge in [0.25, 0.3) is 5.69 Å². The van der Waals surface area contributed by atoms with E-state index in [4.69, 9.17) is 0 Å². The summed E-state index contributed by atoms with van der Waals surface area (Å²) in [6, 6.07) is 4.84. The highest BCUT2D eigenvalue weighted by Crippen LogP contribution is 2.29. The molecule has 76 valence electrons. The van der Waals surface area contributed by atoms with E-state index >= 15 is 0 Å². The Bertz CT molecular complexity index is 352. The van der Waals surface area contributed by atoms with Gasteiger partial charge in [-0.3, -0.25) is 20.4 Å². The molecular weight excluding hydrogens is 184 g/mol. The van der Waals surface area contributed by atoms with Crippen molar-refractivity contribution in [1.29, 1.82) is 0 Å². The number of nitro benzene ring substituents is 1. The van der Waals surface area contributed by atoms with Crippen molar-refractivity contribution in [3.05, 3.63) is 33.9 Å². The van der Waals surface area contributed by atoms with Gasteiger partial charge in [-0.2, -0.15) is 0 Å². The molecule has 1 rings (SSSR count). The molecule has 0 unspecified atom stereocenters. The molecule has 5 nitrogen and oxygen atoms in total. The van der Waals surface area contributed by atoms with Crippen molar-refractivity contribution in [3.8, 4) is 0 Å². The minimum absolute atomic E-state index is 0.0446. The molecule has 0 aliphatic carbocycles. The van der Waals surface area contributed by atoms with Gasteiger partial charge in [-0.15, -0.1) is 0 Å². The van der Waals surface area contributed by atoms with Gasteiger partial charge >= 0.3 is 0 Å². The van der Waals surface area contributed by atoms with E-state index in [1.54, 1.807) is 26.0 Å². The number of rotatable bonds is 3. The summed E-state index contributed by atoms with van der Waals surface area (Å²) in [7, 11) is 0. The summed E-state index contributed by atoms with van der Waals surface area (Å²) in [5.41, 5.74) is 0.731. The second-order valence-electron chi connectivity index (χ2n) is 2.92. The molecule has 0 radical (unpaired) electrons. The maximum absolute atomic E-state index is 10.7. The lowest BCUT2D eigenvalue weighted by atomic mass is 10.1. The second kappa shape index (κ2) is 4.06. The standard InChI is InChI=1S/C9H12N2O3/c1-3-10(12)8-6-4-5-7(2)9(8)11(13)14/h4-6,12H,3H2,1-2H3. The maximum atomic E-state index is 10.7. The van der Waals surface area contributed by atoms with Crippen LogP contribution in [0.5, 0.6) is 0 Å². The summed E-state index contributed by atoms with van der Waals surface area (Å²) in [6.45, 7) is 3.67. The Labute approximate surface area is 81.7 Å². The number of anilines is 1. The molecule has 0 fully saturated rings. The van der Waals surface area contributed by atoms with E-state index < -0.39 is 4.92 Å². The number of hydroxylamine groups is 1. The van der Waals surface area contributed by atoms with E-state index in [0.717, 1.165) is 5.06 Å². The van der Waals surface area contributed by atoms with Gasteiger partial charge < -0.3 is 0 Å². The van der Waals surface area contributed by atoms with Gasteiger partial charge in [-0.25, -0.2) is 0 Å². The lowest BCUT2D eigenvalue weighted by Gasteiger charge is -2.14. The molecule has 0 saturated heterocycles. The molecule has 0 bridgehead atoms. The molecule has 14 heavy (non-hydrogen) atoms. The Morgan fingerprint density at radius 3 is 2.71 bits per heavy atom. The van der Waals surface area contributed by atoms with Crippen molar-refractivity contribution in [2.75, 3.05) is 11.6 Å². The molecule has 0 amide bonds. The van der Waals surface area contributed by atoms with Crippen molar-refractivity contribution in [2.45, 2.75) is 13.8 Å². The molecule has 5 heteroatoms. The first-order valence-corrected chi connectivity index (χ1v) is 4.28. The van der Waals surface area contributed by atoms with Crippen molar-refractivity contribution in [2.24, 2.45) is 0 Å². The van der Waals surface area contributed by atoms with Gasteiger partial charge in [0, 0.05) is 12.1 Å². The number of nitro groups is 1. The molecule has 0 spiro atoms. The number of para-hydroxylation sites is 1. The van der Waals surface area contributed by atoms with Crippen LogP contribution >= 0.6 is 0 Å². The summed E-state index contributed by atoms with van der Waals surface area (Å²) in [6.07, 6.45) is 0. The zero-order valence-corrected chi connectivity index (χ0v) is 8.10. The van der Waals surface area contributed by atoms with Gasteiger partial charge in [0.2, 0.25) is 0 Å². The van der Waals surface area contributed by atoms with E-state index in [9.17, 15) is 15.3 Å². The van der Waals surface area contributed by atoms with E-state index in [1.165, 1.54) is 6.07 Å². The Morgan fingerprint density at radius 1 is 1.57 bits per heavy atom. The molecule has 0 aliphatic rings. The second-order valence-corrected chi connectivity index (χ2v) is 2.92.